The van der Waals surface area contributed by atoms with Gasteiger partial charge in [-0.3, -0.25) is 16.8 Å². The minimum Gasteiger partial charge on any atom is -0.759 e. The molecule has 0 bridgehead atoms. The van der Waals surface area contributed by atoms with Crippen molar-refractivity contribution in [3.8, 4) is 0 Å². The van der Waals surface area contributed by atoms with Gasteiger partial charge in [0.25, 0.3) is 0 Å². The standard InChI is InChI=1S/Cu.Ni.2H2O4S/c;;2*1-5(2,3)4/h;;2*(H2,1,2,3,4)/q2*+2;;/p-4. The van der Waals surface area contributed by atoms with E-state index in [-0.39, 0.29) is 33.6 Å². The van der Waals surface area contributed by atoms with Crippen molar-refractivity contribution in [2.75, 3.05) is 0 Å². The van der Waals surface area contributed by atoms with E-state index in [1.54, 1.807) is 0 Å². The zero-order chi connectivity index (χ0) is 9.00. The molecule has 0 unspecified atom stereocenters. The summed E-state index contributed by atoms with van der Waals surface area (Å²) in [7, 11) is -10.3. The third kappa shape index (κ3) is 1800. The van der Waals surface area contributed by atoms with Crippen molar-refractivity contribution in [2.45, 2.75) is 0 Å². The molecule has 1 radical (unpaired) electrons. The Morgan fingerprint density at radius 3 is 0.667 bits per heavy atom. The van der Waals surface area contributed by atoms with E-state index in [4.69, 9.17) is 35.0 Å². The molecule has 12 heavy (non-hydrogen) atoms. The third-order valence-electron chi connectivity index (χ3n) is 0. The van der Waals surface area contributed by atoms with Crippen molar-refractivity contribution >= 4 is 20.8 Å². The Morgan fingerprint density at radius 1 is 0.667 bits per heavy atom. The first kappa shape index (κ1) is 23.0. The van der Waals surface area contributed by atoms with Gasteiger partial charge in [0.1, 0.15) is 0 Å². The van der Waals surface area contributed by atoms with Gasteiger partial charge in [0, 0.05) is 20.8 Å². The first-order chi connectivity index (χ1) is 4.00. The van der Waals surface area contributed by atoms with Crippen molar-refractivity contribution in [1.29, 1.82) is 0 Å². The summed E-state index contributed by atoms with van der Waals surface area (Å²) < 4.78 is 68.2. The zero-order valence-electron chi connectivity index (χ0n) is 4.70. The summed E-state index contributed by atoms with van der Waals surface area (Å²) in [5, 5.41) is 0. The summed E-state index contributed by atoms with van der Waals surface area (Å²) in [6, 6.07) is 0. The van der Waals surface area contributed by atoms with Gasteiger partial charge in [-0.25, -0.2) is 0 Å². The minimum atomic E-state index is -5.17. The fourth-order valence-electron chi connectivity index (χ4n) is 0. The van der Waals surface area contributed by atoms with E-state index in [1.807, 2.05) is 0 Å². The summed E-state index contributed by atoms with van der Waals surface area (Å²) in [6.45, 7) is 0. The monoisotopic (exact) mass is 313 g/mol. The van der Waals surface area contributed by atoms with E-state index in [2.05, 4.69) is 0 Å². The Kier molecular flexibility index (Phi) is 16.0. The molecule has 0 aromatic rings. The van der Waals surface area contributed by atoms with Gasteiger partial charge in [0.05, 0.1) is 0 Å². The van der Waals surface area contributed by atoms with Crippen molar-refractivity contribution < 1.29 is 68.6 Å². The van der Waals surface area contributed by atoms with Crippen LogP contribution in [-0.2, 0) is 54.4 Å². The van der Waals surface area contributed by atoms with Gasteiger partial charge in [-0.2, -0.15) is 0 Å². The van der Waals surface area contributed by atoms with E-state index >= 15 is 0 Å². The van der Waals surface area contributed by atoms with Gasteiger partial charge in [0.15, 0.2) is 0 Å². The quantitative estimate of drug-likeness (QED) is 0.265. The van der Waals surface area contributed by atoms with Crippen LogP contribution in [0.25, 0.3) is 0 Å². The Labute approximate surface area is 89.3 Å². The second-order valence-electron chi connectivity index (χ2n) is 0.816. The Bertz CT molecular complexity index is 213. The maximum atomic E-state index is 8.52. The molecule has 0 aromatic heterocycles. The molecule has 0 saturated heterocycles. The van der Waals surface area contributed by atoms with Crippen LogP contribution in [0.5, 0.6) is 0 Å². The third-order valence-corrected chi connectivity index (χ3v) is 0. The second kappa shape index (κ2) is 8.36. The Morgan fingerprint density at radius 2 is 0.667 bits per heavy atom. The van der Waals surface area contributed by atoms with E-state index in [0.717, 1.165) is 0 Å². The normalized spacial score (nSPS) is 9.67. The molecule has 0 saturated carbocycles. The van der Waals surface area contributed by atoms with Crippen LogP contribution in [0, 0.1) is 0 Å². The van der Waals surface area contributed by atoms with Gasteiger partial charge in [0.2, 0.25) is 0 Å². The summed E-state index contributed by atoms with van der Waals surface area (Å²) in [5.74, 6) is 0. The SMILES string of the molecule is O=S(=O)([O-])[O-].O=S(=O)([O-])[O-].[Cu+2].[Ni+2]. The van der Waals surface area contributed by atoms with Crippen molar-refractivity contribution in [3.05, 3.63) is 0 Å². The van der Waals surface area contributed by atoms with E-state index in [1.165, 1.54) is 0 Å². The van der Waals surface area contributed by atoms with Crippen LogP contribution in [0.3, 0.4) is 0 Å². The molecule has 8 nitrogen and oxygen atoms in total. The predicted molar refractivity (Wildman–Crippen MR) is 20.9 cm³/mol. The first-order valence-corrected chi connectivity index (χ1v) is 4.00. The smallest absolute Gasteiger partial charge is 0.759 e. The van der Waals surface area contributed by atoms with Crippen molar-refractivity contribution in [3.63, 3.8) is 0 Å². The van der Waals surface area contributed by atoms with E-state index < -0.39 is 20.8 Å². The maximum Gasteiger partial charge on any atom is 2.00 e. The molecule has 0 aromatic carbocycles. The molecule has 0 rings (SSSR count). The second-order valence-corrected chi connectivity index (χ2v) is 2.45. The van der Waals surface area contributed by atoms with Gasteiger partial charge in [-0.15, -0.1) is 0 Å². The summed E-state index contributed by atoms with van der Waals surface area (Å²) >= 11 is 0. The van der Waals surface area contributed by atoms with E-state index in [9.17, 15) is 0 Å². The topological polar surface area (TPSA) is 161 Å². The van der Waals surface area contributed by atoms with E-state index in [0.29, 0.717) is 0 Å². The molecule has 0 N–H and O–H groups in total. The summed E-state index contributed by atoms with van der Waals surface area (Å²) in [4.78, 5) is 0. The Balaban J connectivity index is -0.0000000457. The first-order valence-electron chi connectivity index (χ1n) is 1.33. The molecule has 0 aliphatic heterocycles. The molecule has 81 valence electrons. The van der Waals surface area contributed by atoms with Crippen LogP contribution in [0.4, 0.5) is 0 Å². The summed E-state index contributed by atoms with van der Waals surface area (Å²) in [5.41, 5.74) is 0. The van der Waals surface area contributed by atoms with Gasteiger partial charge in [-0.05, 0) is 0 Å². The molecule has 12 heteroatoms. The van der Waals surface area contributed by atoms with Crippen LogP contribution < -0.4 is 0 Å². The predicted octanol–water partition coefficient (Wildman–Crippen LogP) is -2.68. The van der Waals surface area contributed by atoms with Gasteiger partial charge < -0.3 is 18.2 Å². The van der Waals surface area contributed by atoms with Crippen LogP contribution in [0.1, 0.15) is 0 Å². The number of rotatable bonds is 0. The Hall–Kier alpha value is 0.753. The average molecular weight is 314 g/mol. The van der Waals surface area contributed by atoms with Crippen LogP contribution in [0.2, 0.25) is 0 Å². The molecule has 0 aliphatic rings. The molecule has 0 fully saturated rings. The van der Waals surface area contributed by atoms with Crippen LogP contribution in [-0.4, -0.2) is 35.0 Å². The van der Waals surface area contributed by atoms with Crippen LogP contribution >= 0.6 is 0 Å². The van der Waals surface area contributed by atoms with Gasteiger partial charge in [-0.1, -0.05) is 0 Å². The summed E-state index contributed by atoms with van der Waals surface area (Å²) in [6.07, 6.45) is 0. The molecule has 0 spiro atoms. The maximum absolute atomic E-state index is 8.52. The fourth-order valence-corrected chi connectivity index (χ4v) is 0. The largest absolute Gasteiger partial charge is 2.00 e. The average Bonchev–Trinajstić information content (AvgIpc) is 1.12. The molecule has 0 aliphatic carbocycles. The van der Waals surface area contributed by atoms with Gasteiger partial charge >= 0.3 is 33.6 Å². The van der Waals surface area contributed by atoms with Crippen molar-refractivity contribution in [2.24, 2.45) is 0 Å². The fraction of sp³-hybridized carbons (Fsp3) is 0. The number of hydrogen-bond acceptors (Lipinski definition) is 8. The van der Waals surface area contributed by atoms with Crippen molar-refractivity contribution in [1.82, 2.24) is 0 Å². The minimum absolute atomic E-state index is 0. The molecule has 0 heterocycles. The zero-order valence-corrected chi connectivity index (χ0v) is 8.26. The molecular weight excluding hydrogens is 314 g/mol. The molecule has 0 amide bonds. The molecular formula is CuNiO8S2. The van der Waals surface area contributed by atoms with Crippen LogP contribution in [0.15, 0.2) is 0 Å². The molecule has 0 atom stereocenters. The number of hydrogen-bond donors (Lipinski definition) is 0.